The fourth-order valence-corrected chi connectivity index (χ4v) is 5.31. The number of rotatable bonds is 3. The number of para-hydroxylation sites is 1. The number of hydrogen-bond acceptors (Lipinski definition) is 4. The first-order valence-electron chi connectivity index (χ1n) is 9.17. The van der Waals surface area contributed by atoms with Crippen LogP contribution in [0.2, 0.25) is 0 Å². The highest BCUT2D eigenvalue weighted by molar-refractivity contribution is 7.89. The van der Waals surface area contributed by atoms with Gasteiger partial charge in [0.2, 0.25) is 10.0 Å². The van der Waals surface area contributed by atoms with Crippen molar-refractivity contribution in [2.75, 3.05) is 26.2 Å². The number of nitrogens with one attached hydrogen (secondary N) is 1. The number of hydrogen-bond donors (Lipinski definition) is 1. The van der Waals surface area contributed by atoms with Gasteiger partial charge in [0.05, 0.1) is 22.2 Å². The molecule has 0 unspecified atom stereocenters. The van der Waals surface area contributed by atoms with Crippen molar-refractivity contribution >= 4 is 26.8 Å². The summed E-state index contributed by atoms with van der Waals surface area (Å²) in [6.45, 7) is 4.95. The van der Waals surface area contributed by atoms with Crippen molar-refractivity contribution in [2.45, 2.75) is 18.7 Å². The fraction of sp³-hybridized carbons (Fsp3) is 0.300. The molecule has 0 radical (unpaired) electrons. The summed E-state index contributed by atoms with van der Waals surface area (Å²) in [5.41, 5.74) is 2.90. The van der Waals surface area contributed by atoms with Gasteiger partial charge in [-0.15, -0.1) is 0 Å². The molecule has 146 valence electrons. The van der Waals surface area contributed by atoms with Gasteiger partial charge < -0.3 is 4.90 Å². The first kappa shape index (κ1) is 18.6. The van der Waals surface area contributed by atoms with Crippen LogP contribution in [0, 0.1) is 13.8 Å². The smallest absolute Gasteiger partial charge is 0.256 e. The number of carbonyl (C=O) groups excluding carboxylic acids is 1. The van der Waals surface area contributed by atoms with Gasteiger partial charge in [-0.3, -0.25) is 9.89 Å². The lowest BCUT2D eigenvalue weighted by atomic mass is 10.1. The standard InChI is InChI=1S/C20H22N4O3S/c1-14-6-7-15(2)18(12-14)28(26,27)24-10-8-23(9-11-24)20(25)17-5-3-4-16-13-21-22-19(16)17/h3-7,12-13H,8-11H2,1-2H3,(H,21,22). The lowest BCUT2D eigenvalue weighted by molar-refractivity contribution is 0.0699. The summed E-state index contributed by atoms with van der Waals surface area (Å²) < 4.78 is 27.6. The monoisotopic (exact) mass is 398 g/mol. The van der Waals surface area contributed by atoms with Gasteiger partial charge in [0.1, 0.15) is 0 Å². The molecular formula is C20H22N4O3S. The molecule has 0 bridgehead atoms. The zero-order chi connectivity index (χ0) is 19.9. The molecule has 2 aromatic carbocycles. The largest absolute Gasteiger partial charge is 0.336 e. The summed E-state index contributed by atoms with van der Waals surface area (Å²) in [5.74, 6) is -0.112. The van der Waals surface area contributed by atoms with Gasteiger partial charge in [-0.2, -0.15) is 9.40 Å². The van der Waals surface area contributed by atoms with Crippen molar-refractivity contribution in [3.63, 3.8) is 0 Å². The second-order valence-electron chi connectivity index (χ2n) is 7.11. The van der Waals surface area contributed by atoms with E-state index in [1.807, 2.05) is 31.2 Å². The summed E-state index contributed by atoms with van der Waals surface area (Å²) >= 11 is 0. The molecule has 1 aliphatic rings. The third kappa shape index (κ3) is 3.18. The molecule has 1 N–H and O–H groups in total. The molecule has 0 saturated carbocycles. The number of nitrogens with zero attached hydrogens (tertiary/aromatic N) is 3. The molecule has 1 aliphatic heterocycles. The van der Waals surface area contributed by atoms with Crippen LogP contribution in [0.5, 0.6) is 0 Å². The number of aryl methyl sites for hydroxylation is 2. The van der Waals surface area contributed by atoms with E-state index in [9.17, 15) is 13.2 Å². The van der Waals surface area contributed by atoms with E-state index in [1.54, 1.807) is 30.2 Å². The van der Waals surface area contributed by atoms with Crippen LogP contribution in [0.3, 0.4) is 0 Å². The second-order valence-corrected chi connectivity index (χ2v) is 9.01. The maximum atomic E-state index is 13.1. The van der Waals surface area contributed by atoms with Gasteiger partial charge in [0.15, 0.2) is 0 Å². The van der Waals surface area contributed by atoms with Crippen molar-refractivity contribution in [3.05, 3.63) is 59.3 Å². The SMILES string of the molecule is Cc1ccc(C)c(S(=O)(=O)N2CCN(C(=O)c3cccc4cn[nH]c34)CC2)c1. The highest BCUT2D eigenvalue weighted by Crippen LogP contribution is 2.23. The van der Waals surface area contributed by atoms with Crippen LogP contribution in [0.1, 0.15) is 21.5 Å². The van der Waals surface area contributed by atoms with E-state index < -0.39 is 10.0 Å². The molecule has 0 aliphatic carbocycles. The minimum atomic E-state index is -3.58. The molecule has 1 aromatic heterocycles. The molecule has 0 spiro atoms. The van der Waals surface area contributed by atoms with Gasteiger partial charge in [0, 0.05) is 31.6 Å². The van der Waals surface area contributed by atoms with Gasteiger partial charge >= 0.3 is 0 Å². The van der Waals surface area contributed by atoms with Crippen LogP contribution in [0.15, 0.2) is 47.5 Å². The third-order valence-corrected chi connectivity index (χ3v) is 7.24. The lowest BCUT2D eigenvalue weighted by Crippen LogP contribution is -2.50. The Hall–Kier alpha value is -2.71. The Morgan fingerprint density at radius 1 is 1.07 bits per heavy atom. The maximum Gasteiger partial charge on any atom is 0.256 e. The van der Waals surface area contributed by atoms with Crippen LogP contribution in [-0.2, 0) is 10.0 Å². The topological polar surface area (TPSA) is 86.4 Å². The van der Waals surface area contributed by atoms with Crippen LogP contribution in [0.4, 0.5) is 0 Å². The fourth-order valence-electron chi connectivity index (χ4n) is 3.57. The Balaban J connectivity index is 1.52. The number of aromatic nitrogens is 2. The van der Waals surface area contributed by atoms with Gasteiger partial charge in [-0.25, -0.2) is 8.42 Å². The van der Waals surface area contributed by atoms with E-state index in [-0.39, 0.29) is 19.0 Å². The molecule has 28 heavy (non-hydrogen) atoms. The Labute approximate surface area is 164 Å². The van der Waals surface area contributed by atoms with E-state index in [4.69, 9.17) is 0 Å². The second kappa shape index (κ2) is 7.03. The summed E-state index contributed by atoms with van der Waals surface area (Å²) in [4.78, 5) is 15.0. The van der Waals surface area contributed by atoms with E-state index >= 15 is 0 Å². The molecule has 3 aromatic rings. The highest BCUT2D eigenvalue weighted by Gasteiger charge is 2.31. The predicted molar refractivity (Wildman–Crippen MR) is 107 cm³/mol. The van der Waals surface area contributed by atoms with Crippen LogP contribution >= 0.6 is 0 Å². The van der Waals surface area contributed by atoms with Crippen molar-refractivity contribution in [2.24, 2.45) is 0 Å². The zero-order valence-electron chi connectivity index (χ0n) is 15.8. The van der Waals surface area contributed by atoms with E-state index in [0.717, 1.165) is 16.5 Å². The van der Waals surface area contributed by atoms with Gasteiger partial charge in [-0.05, 0) is 37.1 Å². The number of carbonyl (C=O) groups is 1. The molecular weight excluding hydrogens is 376 g/mol. The minimum Gasteiger partial charge on any atom is -0.336 e. The summed E-state index contributed by atoms with van der Waals surface area (Å²) in [7, 11) is -3.58. The van der Waals surface area contributed by atoms with Crippen molar-refractivity contribution in [1.29, 1.82) is 0 Å². The quantitative estimate of drug-likeness (QED) is 0.734. The first-order chi connectivity index (χ1) is 13.4. The van der Waals surface area contributed by atoms with E-state index in [0.29, 0.717) is 29.1 Å². The number of fused-ring (bicyclic) bond motifs is 1. The number of sulfonamides is 1. The normalized spacial score (nSPS) is 15.9. The molecule has 4 rings (SSSR count). The molecule has 8 heteroatoms. The Morgan fingerprint density at radius 2 is 1.82 bits per heavy atom. The molecule has 2 heterocycles. The average molecular weight is 398 g/mol. The Bertz CT molecular complexity index is 1150. The van der Waals surface area contributed by atoms with E-state index in [1.165, 1.54) is 4.31 Å². The van der Waals surface area contributed by atoms with Gasteiger partial charge in [-0.1, -0.05) is 24.3 Å². The van der Waals surface area contributed by atoms with E-state index in [2.05, 4.69) is 10.2 Å². The van der Waals surface area contributed by atoms with Crippen LogP contribution < -0.4 is 0 Å². The molecule has 1 saturated heterocycles. The third-order valence-electron chi connectivity index (χ3n) is 5.19. The van der Waals surface area contributed by atoms with Crippen LogP contribution in [-0.4, -0.2) is 59.9 Å². The minimum absolute atomic E-state index is 0.112. The number of H-pyrrole nitrogens is 1. The average Bonchev–Trinajstić information content (AvgIpc) is 3.18. The lowest BCUT2D eigenvalue weighted by Gasteiger charge is -2.34. The number of amides is 1. The summed E-state index contributed by atoms with van der Waals surface area (Å²) in [6, 6.07) is 10.9. The highest BCUT2D eigenvalue weighted by atomic mass is 32.2. The molecule has 7 nitrogen and oxygen atoms in total. The van der Waals surface area contributed by atoms with Crippen molar-refractivity contribution < 1.29 is 13.2 Å². The molecule has 1 amide bonds. The summed E-state index contributed by atoms with van der Waals surface area (Å²) in [6.07, 6.45) is 1.68. The van der Waals surface area contributed by atoms with Gasteiger partial charge in [0.25, 0.3) is 5.91 Å². The number of piperazine rings is 1. The summed E-state index contributed by atoms with van der Waals surface area (Å²) in [5, 5.41) is 7.75. The number of benzene rings is 2. The van der Waals surface area contributed by atoms with Crippen molar-refractivity contribution in [1.82, 2.24) is 19.4 Å². The first-order valence-corrected chi connectivity index (χ1v) is 10.6. The van der Waals surface area contributed by atoms with Crippen molar-refractivity contribution in [3.8, 4) is 0 Å². The zero-order valence-corrected chi connectivity index (χ0v) is 16.7. The molecule has 0 atom stereocenters. The Morgan fingerprint density at radius 3 is 2.57 bits per heavy atom. The van der Waals surface area contributed by atoms with Crippen LogP contribution in [0.25, 0.3) is 10.9 Å². The molecule has 1 fully saturated rings. The Kier molecular flexibility index (Phi) is 4.68. The predicted octanol–water partition coefficient (Wildman–Crippen LogP) is 2.33. The maximum absolute atomic E-state index is 13.1. The number of aromatic amines is 1.